The zero-order valence-electron chi connectivity index (χ0n) is 6.91. The molecule has 2 heteroatoms. The van der Waals surface area contributed by atoms with Crippen LogP contribution < -0.4 is 0 Å². The summed E-state index contributed by atoms with van der Waals surface area (Å²) in [6.07, 6.45) is 2.83. The number of nitrogens with zero attached hydrogens (tertiary/aromatic N) is 1. The van der Waals surface area contributed by atoms with Crippen molar-refractivity contribution in [1.29, 1.82) is 0 Å². The Kier molecular flexibility index (Phi) is 4.47. The van der Waals surface area contributed by atoms with Gasteiger partial charge in [0.1, 0.15) is 0 Å². The van der Waals surface area contributed by atoms with Crippen LogP contribution in [0.5, 0.6) is 0 Å². The third-order valence-electron chi connectivity index (χ3n) is 1.46. The van der Waals surface area contributed by atoms with Crippen LogP contribution in [0.3, 0.4) is 0 Å². The topological polar surface area (TPSA) is 12.4 Å². The normalized spacial score (nSPS) is 10.8. The molecule has 0 aliphatic carbocycles. The van der Waals surface area contributed by atoms with Crippen molar-refractivity contribution < 1.29 is 0 Å². The molecule has 0 atom stereocenters. The number of hydrogen-bond donors (Lipinski definition) is 0. The van der Waals surface area contributed by atoms with Crippen molar-refractivity contribution in [3.8, 4) is 0 Å². The van der Waals surface area contributed by atoms with Crippen LogP contribution in [0.15, 0.2) is 35.3 Å². The summed E-state index contributed by atoms with van der Waals surface area (Å²) in [7, 11) is 0. The second kappa shape index (κ2) is 5.78. The predicted molar refractivity (Wildman–Crippen MR) is 54.2 cm³/mol. The van der Waals surface area contributed by atoms with Crippen LogP contribution >= 0.6 is 11.6 Å². The van der Waals surface area contributed by atoms with E-state index in [1.165, 1.54) is 0 Å². The van der Waals surface area contributed by atoms with Crippen molar-refractivity contribution in [2.75, 3.05) is 12.4 Å². The number of aliphatic imine (C=N–C) groups is 1. The third kappa shape index (κ3) is 3.54. The molecule has 1 aromatic rings. The number of benzene rings is 1. The molecule has 0 bridgehead atoms. The average molecular weight is 182 g/mol. The Morgan fingerprint density at radius 2 is 2.00 bits per heavy atom. The summed E-state index contributed by atoms with van der Waals surface area (Å²) in [4.78, 5) is 4.22. The minimum absolute atomic E-state index is 0.687. The molecule has 0 amide bonds. The monoisotopic (exact) mass is 181 g/mol. The third-order valence-corrected chi connectivity index (χ3v) is 1.73. The fourth-order valence-electron chi connectivity index (χ4n) is 0.860. The Balaban J connectivity index is 2.36. The van der Waals surface area contributed by atoms with Gasteiger partial charge in [-0.15, -0.1) is 11.6 Å². The van der Waals surface area contributed by atoms with Gasteiger partial charge >= 0.3 is 0 Å². The molecule has 0 aliphatic rings. The number of alkyl halides is 1. The van der Waals surface area contributed by atoms with Crippen LogP contribution in [-0.4, -0.2) is 18.6 Å². The summed E-state index contributed by atoms with van der Waals surface area (Å²) in [5, 5.41) is 0. The molecule has 0 N–H and O–H groups in total. The number of halogens is 1. The number of rotatable bonds is 4. The minimum atomic E-state index is 0.687. The maximum atomic E-state index is 5.51. The van der Waals surface area contributed by atoms with Gasteiger partial charge in [-0.3, -0.25) is 4.99 Å². The molecule has 1 aromatic carbocycles. The van der Waals surface area contributed by atoms with Crippen LogP contribution in [0.25, 0.3) is 0 Å². The van der Waals surface area contributed by atoms with Crippen molar-refractivity contribution in [3.05, 3.63) is 35.9 Å². The van der Waals surface area contributed by atoms with E-state index in [2.05, 4.69) is 4.99 Å². The molecular weight excluding hydrogens is 170 g/mol. The average Bonchev–Trinajstić information content (AvgIpc) is 2.14. The van der Waals surface area contributed by atoms with Crippen molar-refractivity contribution in [2.24, 2.45) is 4.99 Å². The van der Waals surface area contributed by atoms with Crippen LogP contribution in [0.1, 0.15) is 12.0 Å². The largest absolute Gasteiger partial charge is 0.293 e. The maximum Gasteiger partial charge on any atom is 0.0400 e. The van der Waals surface area contributed by atoms with Crippen molar-refractivity contribution >= 4 is 17.8 Å². The lowest BCUT2D eigenvalue weighted by Gasteiger charge is -1.90. The quantitative estimate of drug-likeness (QED) is 0.385. The van der Waals surface area contributed by atoms with E-state index in [0.717, 1.165) is 18.5 Å². The van der Waals surface area contributed by atoms with Gasteiger partial charge in [-0.05, 0) is 12.0 Å². The van der Waals surface area contributed by atoms with Gasteiger partial charge in [0.05, 0.1) is 0 Å². The van der Waals surface area contributed by atoms with Gasteiger partial charge in [-0.25, -0.2) is 0 Å². The van der Waals surface area contributed by atoms with E-state index in [9.17, 15) is 0 Å². The summed E-state index contributed by atoms with van der Waals surface area (Å²) in [5.41, 5.74) is 1.15. The molecule has 0 unspecified atom stereocenters. The van der Waals surface area contributed by atoms with Gasteiger partial charge in [0.15, 0.2) is 0 Å². The molecule has 0 radical (unpaired) electrons. The summed E-state index contributed by atoms with van der Waals surface area (Å²) < 4.78 is 0. The Labute approximate surface area is 78.1 Å². The lowest BCUT2D eigenvalue weighted by Crippen LogP contribution is -1.84. The summed E-state index contributed by atoms with van der Waals surface area (Å²) >= 11 is 5.51. The zero-order valence-corrected chi connectivity index (χ0v) is 7.67. The first-order valence-electron chi connectivity index (χ1n) is 4.04. The van der Waals surface area contributed by atoms with E-state index in [-0.39, 0.29) is 0 Å². The van der Waals surface area contributed by atoms with Gasteiger partial charge in [-0.1, -0.05) is 30.3 Å². The Hall–Kier alpha value is -0.820. The van der Waals surface area contributed by atoms with E-state index < -0.39 is 0 Å². The fourth-order valence-corrected chi connectivity index (χ4v) is 0.980. The van der Waals surface area contributed by atoms with Crippen molar-refractivity contribution in [2.45, 2.75) is 6.42 Å². The first-order valence-corrected chi connectivity index (χ1v) is 4.58. The lowest BCUT2D eigenvalue weighted by atomic mass is 10.2. The van der Waals surface area contributed by atoms with E-state index in [4.69, 9.17) is 11.6 Å². The lowest BCUT2D eigenvalue weighted by molar-refractivity contribution is 0.943. The molecule has 1 nitrogen and oxygen atoms in total. The Morgan fingerprint density at radius 1 is 1.25 bits per heavy atom. The molecule has 0 spiro atoms. The molecule has 12 heavy (non-hydrogen) atoms. The van der Waals surface area contributed by atoms with Gasteiger partial charge in [0.25, 0.3) is 0 Å². The Morgan fingerprint density at radius 3 is 2.67 bits per heavy atom. The number of hydrogen-bond acceptors (Lipinski definition) is 1. The van der Waals surface area contributed by atoms with Gasteiger partial charge < -0.3 is 0 Å². The summed E-state index contributed by atoms with van der Waals surface area (Å²) in [6.45, 7) is 0.818. The van der Waals surface area contributed by atoms with E-state index in [0.29, 0.717) is 5.88 Å². The molecule has 0 aromatic heterocycles. The maximum absolute atomic E-state index is 5.51. The smallest absolute Gasteiger partial charge is 0.0400 e. The van der Waals surface area contributed by atoms with Gasteiger partial charge in [0, 0.05) is 18.6 Å². The molecule has 0 heterocycles. The zero-order chi connectivity index (χ0) is 8.65. The highest BCUT2D eigenvalue weighted by Gasteiger charge is 1.83. The molecule has 1 rings (SSSR count). The van der Waals surface area contributed by atoms with Crippen molar-refractivity contribution in [1.82, 2.24) is 0 Å². The summed E-state index contributed by atoms with van der Waals surface area (Å²) in [6, 6.07) is 10.1. The van der Waals surface area contributed by atoms with Crippen LogP contribution in [0.2, 0.25) is 0 Å². The molecule has 0 saturated carbocycles. The van der Waals surface area contributed by atoms with Gasteiger partial charge in [0.2, 0.25) is 0 Å². The highest BCUT2D eigenvalue weighted by Crippen LogP contribution is 1.94. The van der Waals surface area contributed by atoms with E-state index in [1.807, 2.05) is 36.5 Å². The van der Waals surface area contributed by atoms with Gasteiger partial charge in [-0.2, -0.15) is 0 Å². The van der Waals surface area contributed by atoms with Crippen LogP contribution in [0.4, 0.5) is 0 Å². The SMILES string of the molecule is ClCCC/N=C/c1ccccc1. The Bertz CT molecular complexity index is 231. The molecule has 0 aliphatic heterocycles. The van der Waals surface area contributed by atoms with E-state index in [1.54, 1.807) is 0 Å². The fraction of sp³-hybridized carbons (Fsp3) is 0.300. The molecule has 64 valence electrons. The first kappa shape index (κ1) is 9.27. The summed E-state index contributed by atoms with van der Waals surface area (Å²) in [5.74, 6) is 0.687. The second-order valence-corrected chi connectivity index (χ2v) is 2.87. The molecule has 0 saturated heterocycles. The van der Waals surface area contributed by atoms with Crippen molar-refractivity contribution in [3.63, 3.8) is 0 Å². The van der Waals surface area contributed by atoms with Crippen LogP contribution in [-0.2, 0) is 0 Å². The highest BCUT2D eigenvalue weighted by molar-refractivity contribution is 6.17. The van der Waals surface area contributed by atoms with E-state index >= 15 is 0 Å². The predicted octanol–water partition coefficient (Wildman–Crippen LogP) is 2.73. The molecular formula is C10H12ClN. The van der Waals surface area contributed by atoms with Crippen LogP contribution in [0, 0.1) is 0 Å². The molecule has 0 fully saturated rings. The standard InChI is InChI=1S/C10H12ClN/c11-7-4-8-12-9-10-5-2-1-3-6-10/h1-3,5-6,9H,4,7-8H2/b12-9+. The highest BCUT2D eigenvalue weighted by atomic mass is 35.5. The second-order valence-electron chi connectivity index (χ2n) is 2.49. The first-order chi connectivity index (χ1) is 5.93. The minimum Gasteiger partial charge on any atom is -0.293 e.